The van der Waals surface area contributed by atoms with Crippen molar-refractivity contribution in [3.05, 3.63) is 54.6 Å². The van der Waals surface area contributed by atoms with Crippen LogP contribution in [0.25, 0.3) is 33.3 Å². The Morgan fingerprint density at radius 3 is 2.74 bits per heavy atom. The van der Waals surface area contributed by atoms with Crippen molar-refractivity contribution < 1.29 is 19.1 Å². The largest absolute Gasteiger partial charge is 0.494 e. The Morgan fingerprint density at radius 2 is 1.89 bits per heavy atom. The number of carbonyl (C=O) groups is 1. The van der Waals surface area contributed by atoms with Crippen LogP contribution in [0.2, 0.25) is 0 Å². The number of ether oxygens (including phenoxy) is 1. The number of rotatable bonds is 6. The second-order valence-electron chi connectivity index (χ2n) is 6.32. The van der Waals surface area contributed by atoms with Crippen LogP contribution in [0.1, 0.15) is 12.8 Å². The van der Waals surface area contributed by atoms with Crippen LogP contribution in [0, 0.1) is 0 Å². The smallest absolute Gasteiger partial charge is 0.303 e. The Balaban J connectivity index is 1.56. The number of nitrogen functional groups attached to an aromatic ring is 1. The van der Waals surface area contributed by atoms with Crippen molar-refractivity contribution in [3.63, 3.8) is 0 Å². The number of aliphatic carboxylic acids is 1. The van der Waals surface area contributed by atoms with E-state index >= 15 is 0 Å². The number of carboxylic acid groups (broad SMARTS) is 1. The molecule has 4 aromatic rings. The van der Waals surface area contributed by atoms with E-state index in [1.54, 1.807) is 12.1 Å². The molecule has 3 N–H and O–H groups in total. The number of hydrogen-bond acceptors (Lipinski definition) is 5. The van der Waals surface area contributed by atoms with Gasteiger partial charge in [-0.25, -0.2) is 4.98 Å². The minimum Gasteiger partial charge on any atom is -0.494 e. The number of benzene rings is 3. The number of fused-ring (bicyclic) bond motifs is 2. The molecule has 0 fully saturated rings. The Hall–Kier alpha value is -3.54. The summed E-state index contributed by atoms with van der Waals surface area (Å²) in [5, 5.41) is 10.7. The number of oxazole rings is 1. The van der Waals surface area contributed by atoms with Gasteiger partial charge in [0.1, 0.15) is 11.3 Å². The quantitative estimate of drug-likeness (QED) is 0.388. The van der Waals surface area contributed by atoms with E-state index in [9.17, 15) is 4.79 Å². The highest BCUT2D eigenvalue weighted by atomic mass is 16.5. The average Bonchev–Trinajstić information content (AvgIpc) is 3.07. The molecule has 0 aliphatic carbocycles. The molecule has 0 aliphatic rings. The summed E-state index contributed by atoms with van der Waals surface area (Å²) >= 11 is 0. The van der Waals surface area contributed by atoms with Gasteiger partial charge in [-0.15, -0.1) is 0 Å². The van der Waals surface area contributed by atoms with Crippen molar-refractivity contribution in [1.29, 1.82) is 0 Å². The zero-order valence-corrected chi connectivity index (χ0v) is 14.5. The molecule has 136 valence electrons. The molecular formula is C21H18N2O4. The van der Waals surface area contributed by atoms with Crippen molar-refractivity contribution >= 4 is 33.5 Å². The maximum atomic E-state index is 10.5. The Kier molecular flexibility index (Phi) is 4.38. The number of aromatic nitrogens is 1. The van der Waals surface area contributed by atoms with Gasteiger partial charge in [-0.3, -0.25) is 4.79 Å². The van der Waals surface area contributed by atoms with Crippen LogP contribution in [0.4, 0.5) is 5.69 Å². The van der Waals surface area contributed by atoms with E-state index in [-0.39, 0.29) is 6.42 Å². The Bertz CT molecular complexity index is 1130. The Labute approximate surface area is 155 Å². The van der Waals surface area contributed by atoms with Gasteiger partial charge >= 0.3 is 5.97 Å². The van der Waals surface area contributed by atoms with Crippen molar-refractivity contribution in [1.82, 2.24) is 4.98 Å². The van der Waals surface area contributed by atoms with Crippen molar-refractivity contribution in [2.45, 2.75) is 12.8 Å². The van der Waals surface area contributed by atoms with Crippen LogP contribution in [0.3, 0.4) is 0 Å². The highest BCUT2D eigenvalue weighted by molar-refractivity contribution is 5.88. The predicted octanol–water partition coefficient (Wildman–Crippen LogP) is 4.47. The van der Waals surface area contributed by atoms with E-state index in [4.69, 9.17) is 20.0 Å². The van der Waals surface area contributed by atoms with E-state index < -0.39 is 5.97 Å². The first kappa shape index (κ1) is 16.9. The summed E-state index contributed by atoms with van der Waals surface area (Å²) in [5.74, 6) is 0.455. The second-order valence-corrected chi connectivity index (χ2v) is 6.32. The SMILES string of the molecule is Nc1ccc2nc(-c3ccc4cc(OCCCC(=O)O)ccc4c3)oc2c1. The van der Waals surface area contributed by atoms with E-state index in [1.807, 2.05) is 42.5 Å². The maximum Gasteiger partial charge on any atom is 0.303 e. The fourth-order valence-electron chi connectivity index (χ4n) is 2.92. The summed E-state index contributed by atoms with van der Waals surface area (Å²) < 4.78 is 11.5. The fourth-order valence-corrected chi connectivity index (χ4v) is 2.92. The van der Waals surface area contributed by atoms with Gasteiger partial charge in [-0.1, -0.05) is 12.1 Å². The third-order valence-corrected chi connectivity index (χ3v) is 4.27. The van der Waals surface area contributed by atoms with Gasteiger partial charge in [0.25, 0.3) is 0 Å². The Morgan fingerprint density at radius 1 is 1.07 bits per heavy atom. The van der Waals surface area contributed by atoms with Crippen molar-refractivity contribution in [2.24, 2.45) is 0 Å². The summed E-state index contributed by atoms with van der Waals surface area (Å²) in [6.45, 7) is 0.377. The fraction of sp³-hybridized carbons (Fsp3) is 0.143. The molecule has 1 aromatic heterocycles. The van der Waals surface area contributed by atoms with Crippen LogP contribution < -0.4 is 10.5 Å². The molecule has 3 aromatic carbocycles. The minimum absolute atomic E-state index is 0.104. The maximum absolute atomic E-state index is 10.5. The average molecular weight is 362 g/mol. The highest BCUT2D eigenvalue weighted by Crippen LogP contribution is 2.29. The summed E-state index contributed by atoms with van der Waals surface area (Å²) in [5.41, 5.74) is 8.74. The molecule has 0 saturated carbocycles. The second kappa shape index (κ2) is 6.99. The lowest BCUT2D eigenvalue weighted by atomic mass is 10.1. The topological polar surface area (TPSA) is 98.6 Å². The molecule has 0 atom stereocenters. The molecular weight excluding hydrogens is 344 g/mol. The number of anilines is 1. The lowest BCUT2D eigenvalue weighted by Gasteiger charge is -2.07. The predicted molar refractivity (Wildman–Crippen MR) is 104 cm³/mol. The summed E-state index contributed by atoms with van der Waals surface area (Å²) in [6.07, 6.45) is 0.585. The monoisotopic (exact) mass is 362 g/mol. The summed E-state index contributed by atoms with van der Waals surface area (Å²) in [6, 6.07) is 17.1. The van der Waals surface area contributed by atoms with Crippen LogP contribution in [-0.4, -0.2) is 22.7 Å². The zero-order valence-electron chi connectivity index (χ0n) is 14.5. The third-order valence-electron chi connectivity index (χ3n) is 4.27. The molecule has 0 spiro atoms. The van der Waals surface area contributed by atoms with Crippen molar-refractivity contribution in [2.75, 3.05) is 12.3 Å². The molecule has 0 bridgehead atoms. The third kappa shape index (κ3) is 3.69. The normalized spacial score (nSPS) is 11.1. The highest BCUT2D eigenvalue weighted by Gasteiger charge is 2.09. The molecule has 0 unspecified atom stereocenters. The lowest BCUT2D eigenvalue weighted by molar-refractivity contribution is -0.137. The van der Waals surface area contributed by atoms with E-state index in [0.717, 1.165) is 27.6 Å². The van der Waals surface area contributed by atoms with Crippen molar-refractivity contribution in [3.8, 4) is 17.2 Å². The molecule has 4 rings (SSSR count). The van der Waals surface area contributed by atoms with Gasteiger partial charge < -0.3 is 20.0 Å². The first-order valence-corrected chi connectivity index (χ1v) is 8.63. The number of carboxylic acids is 1. The van der Waals surface area contributed by atoms with Gasteiger partial charge in [0.05, 0.1) is 6.61 Å². The van der Waals surface area contributed by atoms with Gasteiger partial charge in [0.2, 0.25) is 5.89 Å². The number of nitrogens with two attached hydrogens (primary N) is 1. The molecule has 0 aliphatic heterocycles. The zero-order chi connectivity index (χ0) is 18.8. The van der Waals surface area contributed by atoms with Crippen LogP contribution in [0.15, 0.2) is 59.0 Å². The van der Waals surface area contributed by atoms with Crippen LogP contribution in [0.5, 0.6) is 5.75 Å². The molecule has 0 amide bonds. The molecule has 0 saturated heterocycles. The van der Waals surface area contributed by atoms with Crippen LogP contribution in [-0.2, 0) is 4.79 Å². The van der Waals surface area contributed by atoms with Gasteiger partial charge in [0.15, 0.2) is 5.58 Å². The van der Waals surface area contributed by atoms with Crippen LogP contribution >= 0.6 is 0 Å². The molecule has 0 radical (unpaired) electrons. The number of hydrogen-bond donors (Lipinski definition) is 2. The van der Waals surface area contributed by atoms with E-state index in [2.05, 4.69) is 4.98 Å². The van der Waals surface area contributed by atoms with Gasteiger partial charge in [-0.2, -0.15) is 0 Å². The summed E-state index contributed by atoms with van der Waals surface area (Å²) in [4.78, 5) is 15.1. The molecule has 6 nitrogen and oxygen atoms in total. The minimum atomic E-state index is -0.813. The first-order valence-electron chi connectivity index (χ1n) is 8.63. The molecule has 6 heteroatoms. The van der Waals surface area contributed by atoms with E-state index in [1.165, 1.54) is 0 Å². The van der Waals surface area contributed by atoms with E-state index in [0.29, 0.717) is 30.2 Å². The summed E-state index contributed by atoms with van der Waals surface area (Å²) in [7, 11) is 0. The van der Waals surface area contributed by atoms with Gasteiger partial charge in [-0.05, 0) is 53.6 Å². The van der Waals surface area contributed by atoms with Gasteiger partial charge in [0, 0.05) is 23.7 Å². The molecule has 1 heterocycles. The lowest BCUT2D eigenvalue weighted by Crippen LogP contribution is -2.01. The number of nitrogens with zero attached hydrogens (tertiary/aromatic N) is 1. The standard InChI is InChI=1S/C21H18N2O4/c22-16-6-8-18-19(12-16)27-21(23-18)15-4-3-14-11-17(7-5-13(14)10-15)26-9-1-2-20(24)25/h3-8,10-12H,1-2,9,22H2,(H,24,25). The first-order chi connectivity index (χ1) is 13.1. The molecule has 27 heavy (non-hydrogen) atoms.